The molecule has 4 rings (SSSR count). The van der Waals surface area contributed by atoms with E-state index in [1.165, 1.54) is 58.4 Å². The smallest absolute Gasteiger partial charge is 0.0534 e. The Labute approximate surface area is 194 Å². The van der Waals surface area contributed by atoms with Crippen molar-refractivity contribution in [3.05, 3.63) is 76.4 Å². The third-order valence-electron chi connectivity index (χ3n) is 6.62. The van der Waals surface area contributed by atoms with Crippen LogP contribution < -0.4 is 0 Å². The van der Waals surface area contributed by atoms with Crippen LogP contribution in [0.4, 0.5) is 0 Å². The lowest BCUT2D eigenvalue weighted by Gasteiger charge is -2.41. The summed E-state index contributed by atoms with van der Waals surface area (Å²) in [5.74, 6) is 3.25. The topological polar surface area (TPSA) is 8.17 Å². The number of hydrogen-bond donors (Lipinski definition) is 0. The van der Waals surface area contributed by atoms with Crippen LogP contribution in [0, 0.1) is 6.92 Å². The van der Waals surface area contributed by atoms with E-state index in [9.17, 15) is 0 Å². The average Bonchev–Trinajstić information content (AvgIpc) is 3.06. The van der Waals surface area contributed by atoms with E-state index in [1.807, 2.05) is 12.1 Å². The zero-order valence-electron chi connectivity index (χ0n) is 19.5. The van der Waals surface area contributed by atoms with Crippen molar-refractivity contribution >= 4 is 21.6 Å². The molecule has 31 heavy (non-hydrogen) atoms. The van der Waals surface area contributed by atoms with Crippen LogP contribution in [-0.4, -0.2) is 46.6 Å². The molecule has 2 nitrogen and oxygen atoms in total. The summed E-state index contributed by atoms with van der Waals surface area (Å²) in [6, 6.07) is 19.7. The fraction of sp³-hybridized carbons (Fsp3) is 0.407. The number of halogens is 1. The first-order chi connectivity index (χ1) is 14.7. The summed E-state index contributed by atoms with van der Waals surface area (Å²) in [6.45, 7) is 10.2. The number of nitrogens with zero attached hydrogens (tertiary/aromatic N) is 2. The normalized spacial score (nSPS) is 17.8. The predicted molar refractivity (Wildman–Crippen MR) is 139 cm³/mol. The van der Waals surface area contributed by atoms with Crippen LogP contribution in [0.3, 0.4) is 0 Å². The quantitative estimate of drug-likeness (QED) is 0.398. The van der Waals surface area contributed by atoms with Crippen molar-refractivity contribution in [1.29, 1.82) is 0 Å². The van der Waals surface area contributed by atoms with Crippen molar-refractivity contribution in [3.8, 4) is 16.9 Å². The minimum Gasteiger partial charge on any atom is -0.314 e. The zero-order valence-corrected chi connectivity index (χ0v) is 21.1. The van der Waals surface area contributed by atoms with Gasteiger partial charge in [0.1, 0.15) is 0 Å². The second kappa shape index (κ2) is 9.05. The second-order valence-electron chi connectivity index (χ2n) is 9.68. The molecule has 0 unspecified atom stereocenters. The van der Waals surface area contributed by atoms with Crippen molar-refractivity contribution in [1.82, 2.24) is 9.47 Å². The molecule has 0 atom stereocenters. The molecule has 1 saturated heterocycles. The van der Waals surface area contributed by atoms with Gasteiger partial charge in [0.15, 0.2) is 0 Å². The summed E-state index contributed by atoms with van der Waals surface area (Å²) in [5.41, 5.74) is 7.80. The Morgan fingerprint density at radius 3 is 2.13 bits per heavy atom. The van der Waals surface area contributed by atoms with Gasteiger partial charge in [-0.15, -0.1) is 0 Å². The number of hydrogen-bond acceptors (Lipinski definition) is 1. The maximum atomic E-state index is 6.18. The molecule has 0 spiro atoms. The maximum Gasteiger partial charge on any atom is 0.0534 e. The van der Waals surface area contributed by atoms with Gasteiger partial charge in [-0.25, -0.2) is 10.0 Å². The molecule has 2 heterocycles. The van der Waals surface area contributed by atoms with Crippen LogP contribution >= 0.6 is 21.6 Å². The molecule has 4 heteroatoms. The van der Waals surface area contributed by atoms with Crippen LogP contribution in [-0.2, 0) is 6.54 Å². The van der Waals surface area contributed by atoms with Crippen molar-refractivity contribution in [2.45, 2.75) is 33.2 Å². The van der Waals surface area contributed by atoms with Crippen LogP contribution in [0.5, 0.6) is 0 Å². The van der Waals surface area contributed by atoms with E-state index < -0.39 is 0 Å². The van der Waals surface area contributed by atoms with Gasteiger partial charge in [-0.1, -0.05) is 49.7 Å². The summed E-state index contributed by atoms with van der Waals surface area (Å²) in [6.07, 6.45) is 4.96. The zero-order chi connectivity index (χ0) is 22.2. The highest BCUT2D eigenvalue weighted by Crippen LogP contribution is 2.42. The lowest BCUT2D eigenvalue weighted by Crippen LogP contribution is -2.37. The highest BCUT2D eigenvalue weighted by molar-refractivity contribution is 8.32. The lowest BCUT2D eigenvalue weighted by molar-refractivity contribution is 0.292. The Bertz CT molecular complexity index is 1020. The first-order valence-corrected chi connectivity index (χ1v) is 14.4. The molecule has 1 aliphatic heterocycles. The molecule has 3 aromatic rings. The monoisotopic (exact) mass is 454 g/mol. The molecule has 1 aromatic heterocycles. The molecule has 166 valence electrons. The van der Waals surface area contributed by atoms with Crippen molar-refractivity contribution in [2.75, 3.05) is 37.1 Å². The van der Waals surface area contributed by atoms with E-state index in [4.69, 9.17) is 11.6 Å². The van der Waals surface area contributed by atoms with Crippen LogP contribution in [0.15, 0.2) is 54.6 Å². The highest BCUT2D eigenvalue weighted by Gasteiger charge is 2.23. The average molecular weight is 455 g/mol. The first-order valence-electron chi connectivity index (χ1n) is 11.2. The molecule has 0 aliphatic carbocycles. The summed E-state index contributed by atoms with van der Waals surface area (Å²) >= 11 is 6.18. The van der Waals surface area contributed by atoms with E-state index in [-0.39, 0.29) is 10.0 Å². The Morgan fingerprint density at radius 2 is 1.55 bits per heavy atom. The SMILES string of the molecule is Cc1c(CN2CCS(C)(C)CC2)cc(-c2ccc(Cl)cc2)n1-c1ccc(C(C)C)cc1. The van der Waals surface area contributed by atoms with Gasteiger partial charge in [0.05, 0.1) is 5.69 Å². The Kier molecular flexibility index (Phi) is 6.57. The van der Waals surface area contributed by atoms with Crippen LogP contribution in [0.25, 0.3) is 16.9 Å². The first kappa shape index (κ1) is 22.5. The molecular formula is C27H35ClN2S. The minimum absolute atomic E-state index is 0.382. The molecule has 1 aliphatic rings. The number of rotatable bonds is 5. The summed E-state index contributed by atoms with van der Waals surface area (Å²) < 4.78 is 2.42. The number of benzene rings is 2. The second-order valence-corrected chi connectivity index (χ2v) is 14.5. The van der Waals surface area contributed by atoms with E-state index in [2.05, 4.69) is 85.2 Å². The fourth-order valence-electron chi connectivity index (χ4n) is 4.36. The van der Waals surface area contributed by atoms with E-state index in [0.29, 0.717) is 5.92 Å². The maximum absolute atomic E-state index is 6.18. The Morgan fingerprint density at radius 1 is 0.935 bits per heavy atom. The molecular weight excluding hydrogens is 420 g/mol. The van der Waals surface area contributed by atoms with Gasteiger partial charge in [0, 0.05) is 36.0 Å². The van der Waals surface area contributed by atoms with Crippen LogP contribution in [0.1, 0.15) is 36.6 Å². The van der Waals surface area contributed by atoms with Gasteiger partial charge in [-0.05, 0) is 83.9 Å². The third kappa shape index (κ3) is 5.05. The van der Waals surface area contributed by atoms with Crippen molar-refractivity contribution in [3.63, 3.8) is 0 Å². The van der Waals surface area contributed by atoms with E-state index in [1.54, 1.807) is 0 Å². The van der Waals surface area contributed by atoms with Gasteiger partial charge in [-0.3, -0.25) is 4.90 Å². The summed E-state index contributed by atoms with van der Waals surface area (Å²) in [4.78, 5) is 2.64. The third-order valence-corrected chi connectivity index (χ3v) is 9.45. The fourth-order valence-corrected chi connectivity index (χ4v) is 6.19. The van der Waals surface area contributed by atoms with E-state index >= 15 is 0 Å². The molecule has 0 radical (unpaired) electrons. The minimum atomic E-state index is -0.382. The van der Waals surface area contributed by atoms with Gasteiger partial charge in [0.2, 0.25) is 0 Å². The van der Waals surface area contributed by atoms with Gasteiger partial charge >= 0.3 is 0 Å². The standard InChI is InChI=1S/C27H35ClN2S/c1-20(2)22-8-12-26(13-9-22)30-21(3)24(19-29-14-16-31(4,5)17-15-29)18-27(30)23-6-10-25(28)11-7-23/h6-13,18,20H,14-17,19H2,1-5H3. The Hall–Kier alpha value is -1.68. The summed E-state index contributed by atoms with van der Waals surface area (Å²) in [5, 5.41) is 0.776. The van der Waals surface area contributed by atoms with Gasteiger partial charge < -0.3 is 4.57 Å². The Balaban J connectivity index is 1.72. The van der Waals surface area contributed by atoms with Crippen molar-refractivity contribution < 1.29 is 0 Å². The predicted octanol–water partition coefficient (Wildman–Crippen LogP) is 7.11. The van der Waals surface area contributed by atoms with E-state index in [0.717, 1.165) is 11.6 Å². The molecule has 0 saturated carbocycles. The highest BCUT2D eigenvalue weighted by atomic mass is 35.5. The molecule has 1 fully saturated rings. The van der Waals surface area contributed by atoms with Crippen molar-refractivity contribution in [2.24, 2.45) is 0 Å². The molecule has 2 aromatic carbocycles. The lowest BCUT2D eigenvalue weighted by atomic mass is 10.0. The van der Waals surface area contributed by atoms with Gasteiger partial charge in [0.25, 0.3) is 0 Å². The molecule has 0 amide bonds. The molecule has 0 N–H and O–H groups in total. The van der Waals surface area contributed by atoms with Crippen LogP contribution in [0.2, 0.25) is 5.02 Å². The van der Waals surface area contributed by atoms with Gasteiger partial charge in [-0.2, -0.15) is 0 Å². The molecule has 0 bridgehead atoms. The number of aromatic nitrogens is 1. The largest absolute Gasteiger partial charge is 0.314 e. The summed E-state index contributed by atoms with van der Waals surface area (Å²) in [7, 11) is -0.382.